The Morgan fingerprint density at radius 2 is 2.32 bits per heavy atom. The normalized spacial score (nSPS) is 16.7. The van der Waals surface area contributed by atoms with Gasteiger partial charge in [0.1, 0.15) is 0 Å². The van der Waals surface area contributed by atoms with E-state index in [1.165, 1.54) is 18.6 Å². The number of hydrogen-bond donors (Lipinski definition) is 1. The van der Waals surface area contributed by atoms with Gasteiger partial charge < -0.3 is 9.84 Å². The molecule has 10 heteroatoms. The first kappa shape index (κ1) is 19.3. The number of rotatable bonds is 8. The molecule has 3 aromatic heterocycles. The molecule has 1 fully saturated rings. The number of hydrogen-bond acceptors (Lipinski definition) is 8. The van der Waals surface area contributed by atoms with E-state index in [0.717, 1.165) is 23.7 Å². The van der Waals surface area contributed by atoms with Gasteiger partial charge in [-0.05, 0) is 38.3 Å². The highest BCUT2D eigenvalue weighted by atomic mass is 33.1. The summed E-state index contributed by atoms with van der Waals surface area (Å²) in [4.78, 5) is 16.3. The van der Waals surface area contributed by atoms with Crippen LogP contribution in [-0.2, 0) is 11.3 Å². The van der Waals surface area contributed by atoms with Gasteiger partial charge in [-0.3, -0.25) is 9.20 Å². The highest BCUT2D eigenvalue weighted by Gasteiger charge is 2.16. The first-order valence-corrected chi connectivity index (χ1v) is 11.8. The molecule has 1 N–H and O–H groups in total. The monoisotopic (exact) mass is 418 g/mol. The van der Waals surface area contributed by atoms with Crippen molar-refractivity contribution < 1.29 is 9.32 Å². The molecule has 1 aliphatic rings. The lowest BCUT2D eigenvalue weighted by molar-refractivity contribution is -0.121. The van der Waals surface area contributed by atoms with Crippen molar-refractivity contribution >= 4 is 33.1 Å². The first-order valence-electron chi connectivity index (χ1n) is 9.38. The molecule has 1 aliphatic heterocycles. The van der Waals surface area contributed by atoms with E-state index in [-0.39, 0.29) is 5.91 Å². The van der Waals surface area contributed by atoms with Gasteiger partial charge in [0.25, 0.3) is 5.89 Å². The Morgan fingerprint density at radius 1 is 1.39 bits per heavy atom. The molecule has 0 aromatic carbocycles. The van der Waals surface area contributed by atoms with Crippen molar-refractivity contribution in [1.29, 1.82) is 0 Å². The summed E-state index contributed by atoms with van der Waals surface area (Å²) < 4.78 is 7.04. The van der Waals surface area contributed by atoms with Crippen molar-refractivity contribution in [3.05, 3.63) is 30.0 Å². The number of unbranched alkanes of at least 4 members (excludes halogenated alkanes) is 1. The molecule has 1 saturated heterocycles. The molecular formula is C18H22N6O2S2. The smallest absolute Gasteiger partial charge is 0.258 e. The summed E-state index contributed by atoms with van der Waals surface area (Å²) in [6, 6.07) is 3.71. The van der Waals surface area contributed by atoms with Crippen LogP contribution >= 0.6 is 21.6 Å². The second-order valence-electron chi connectivity index (χ2n) is 6.76. The largest absolute Gasteiger partial charge is 0.349 e. The number of carbonyl (C=O) groups is 1. The van der Waals surface area contributed by atoms with Crippen LogP contribution in [-0.4, -0.2) is 41.6 Å². The average molecular weight is 419 g/mol. The fourth-order valence-electron chi connectivity index (χ4n) is 3.10. The molecule has 4 heterocycles. The number of nitrogens with one attached hydrogen (secondary N) is 1. The van der Waals surface area contributed by atoms with E-state index in [1.54, 1.807) is 6.92 Å². The van der Waals surface area contributed by atoms with Gasteiger partial charge in [-0.2, -0.15) is 4.98 Å². The molecule has 0 saturated carbocycles. The third-order valence-electron chi connectivity index (χ3n) is 4.61. The van der Waals surface area contributed by atoms with E-state index in [0.29, 0.717) is 36.2 Å². The van der Waals surface area contributed by atoms with Crippen LogP contribution in [0.1, 0.15) is 43.8 Å². The summed E-state index contributed by atoms with van der Waals surface area (Å²) in [5, 5.41) is 15.9. The maximum absolute atomic E-state index is 12.1. The molecule has 1 atom stereocenters. The lowest BCUT2D eigenvalue weighted by Crippen LogP contribution is -2.23. The van der Waals surface area contributed by atoms with Crippen molar-refractivity contribution in [3.63, 3.8) is 0 Å². The predicted octanol–water partition coefficient (Wildman–Crippen LogP) is 3.42. The highest BCUT2D eigenvalue weighted by molar-refractivity contribution is 8.77. The van der Waals surface area contributed by atoms with E-state index in [2.05, 4.69) is 25.7 Å². The van der Waals surface area contributed by atoms with Gasteiger partial charge in [0.2, 0.25) is 5.91 Å². The quantitative estimate of drug-likeness (QED) is 0.439. The zero-order valence-electron chi connectivity index (χ0n) is 15.6. The Kier molecular flexibility index (Phi) is 6.16. The van der Waals surface area contributed by atoms with Crippen molar-refractivity contribution in [2.24, 2.45) is 0 Å². The van der Waals surface area contributed by atoms with E-state index >= 15 is 0 Å². The third kappa shape index (κ3) is 4.67. The minimum atomic E-state index is 0.0585. The molecule has 3 aromatic rings. The van der Waals surface area contributed by atoms with Crippen LogP contribution < -0.4 is 5.32 Å². The first-order chi connectivity index (χ1) is 13.7. The average Bonchev–Trinajstić information content (AvgIpc) is 3.44. The fourth-order valence-corrected chi connectivity index (χ4v) is 6.12. The van der Waals surface area contributed by atoms with Crippen LogP contribution in [0.5, 0.6) is 0 Å². The van der Waals surface area contributed by atoms with Crippen LogP contribution in [0.2, 0.25) is 0 Å². The van der Waals surface area contributed by atoms with Crippen LogP contribution in [0.3, 0.4) is 0 Å². The summed E-state index contributed by atoms with van der Waals surface area (Å²) in [7, 11) is 3.96. The summed E-state index contributed by atoms with van der Waals surface area (Å²) in [5.41, 5.74) is 1.46. The number of nitrogens with zero attached hydrogens (tertiary/aromatic N) is 5. The molecule has 0 aliphatic carbocycles. The summed E-state index contributed by atoms with van der Waals surface area (Å²) in [6.45, 7) is 2.13. The Balaban J connectivity index is 1.28. The van der Waals surface area contributed by atoms with Gasteiger partial charge in [-0.15, -0.1) is 10.2 Å². The molecule has 0 radical (unpaired) electrons. The van der Waals surface area contributed by atoms with Gasteiger partial charge in [0.15, 0.2) is 17.3 Å². The van der Waals surface area contributed by atoms with Gasteiger partial charge in [-0.1, -0.05) is 33.2 Å². The molecule has 28 heavy (non-hydrogen) atoms. The minimum absolute atomic E-state index is 0.0585. The molecule has 1 amide bonds. The zero-order valence-corrected chi connectivity index (χ0v) is 17.3. The van der Waals surface area contributed by atoms with E-state index < -0.39 is 0 Å². The Labute approximate surface area is 170 Å². The lowest BCUT2D eigenvalue weighted by atomic mass is 10.1. The van der Waals surface area contributed by atoms with Crippen molar-refractivity contribution in [1.82, 2.24) is 30.1 Å². The second-order valence-corrected chi connectivity index (χ2v) is 9.55. The maximum atomic E-state index is 12.1. The fraction of sp³-hybridized carbons (Fsp3) is 0.500. The number of carbonyl (C=O) groups excluding carboxylic acids is 1. The minimum Gasteiger partial charge on any atom is -0.349 e. The topological polar surface area (TPSA) is 98.2 Å². The third-order valence-corrected chi connectivity index (χ3v) is 7.61. The van der Waals surface area contributed by atoms with Gasteiger partial charge in [0.05, 0.1) is 6.54 Å². The van der Waals surface area contributed by atoms with Crippen LogP contribution in [0, 0.1) is 6.92 Å². The molecule has 1 unspecified atom stereocenters. The number of pyridine rings is 1. The summed E-state index contributed by atoms with van der Waals surface area (Å²) >= 11 is 0. The molecule has 0 spiro atoms. The van der Waals surface area contributed by atoms with Gasteiger partial charge >= 0.3 is 0 Å². The van der Waals surface area contributed by atoms with Gasteiger partial charge in [-0.25, -0.2) is 0 Å². The van der Waals surface area contributed by atoms with Crippen molar-refractivity contribution in [2.45, 2.75) is 50.8 Å². The number of aryl methyl sites for hydroxylation is 1. The van der Waals surface area contributed by atoms with E-state index in [4.69, 9.17) is 4.52 Å². The Bertz CT molecular complexity index is 951. The predicted molar refractivity (Wildman–Crippen MR) is 110 cm³/mol. The van der Waals surface area contributed by atoms with Gasteiger partial charge in [0, 0.05) is 29.2 Å². The molecule has 148 valence electrons. The lowest BCUT2D eigenvalue weighted by Gasteiger charge is -2.07. The van der Waals surface area contributed by atoms with Crippen LogP contribution in [0.4, 0.5) is 0 Å². The van der Waals surface area contributed by atoms with Crippen LogP contribution in [0.15, 0.2) is 22.9 Å². The van der Waals surface area contributed by atoms with Crippen molar-refractivity contribution in [2.75, 3.05) is 5.75 Å². The molecule has 4 rings (SSSR count). The Hall–Kier alpha value is -2.07. The van der Waals surface area contributed by atoms with Crippen molar-refractivity contribution in [3.8, 4) is 11.5 Å². The standard InChI is InChI=1S/C18H22N6O2S2/c1-12-20-18(26-23-12)13-6-8-24-15(10-13)21-22-16(24)11-19-17(25)5-3-2-4-14-7-9-27-28-14/h6,8,10,14H,2-5,7,9,11H2,1H3,(H,19,25). The number of fused-ring (bicyclic) bond motifs is 1. The zero-order chi connectivity index (χ0) is 19.3. The molecular weight excluding hydrogens is 396 g/mol. The number of aromatic nitrogens is 5. The summed E-state index contributed by atoms with van der Waals surface area (Å²) in [5.74, 6) is 3.05. The second kappa shape index (κ2) is 8.95. The maximum Gasteiger partial charge on any atom is 0.258 e. The Morgan fingerprint density at radius 3 is 3.11 bits per heavy atom. The SMILES string of the molecule is Cc1noc(-c2ccn3c(CNC(=O)CCCCC4CCSS4)nnc3c2)n1. The van der Waals surface area contributed by atoms with E-state index in [9.17, 15) is 4.79 Å². The highest BCUT2D eigenvalue weighted by Crippen LogP contribution is 2.39. The molecule has 8 nitrogen and oxygen atoms in total. The number of amides is 1. The summed E-state index contributed by atoms with van der Waals surface area (Å²) in [6.07, 6.45) is 6.96. The van der Waals surface area contributed by atoms with E-state index in [1.807, 2.05) is 44.3 Å². The molecule has 0 bridgehead atoms. The van der Waals surface area contributed by atoms with Crippen LogP contribution in [0.25, 0.3) is 17.1 Å².